The van der Waals surface area contributed by atoms with E-state index in [0.717, 1.165) is 0 Å². The molecule has 0 aliphatic carbocycles. The maximum atomic E-state index is 11.0. The van der Waals surface area contributed by atoms with Gasteiger partial charge in [-0.15, -0.1) is 0 Å². The third kappa shape index (κ3) is 15.9. The molecule has 0 radical (unpaired) electrons. The van der Waals surface area contributed by atoms with E-state index >= 15 is 0 Å². The molecule has 0 spiro atoms. The van der Waals surface area contributed by atoms with Crippen molar-refractivity contribution in [1.29, 1.82) is 0 Å². The minimum absolute atomic E-state index is 2.14. The van der Waals surface area contributed by atoms with Crippen molar-refractivity contribution in [2.75, 3.05) is 0 Å². The van der Waals surface area contributed by atoms with Crippen LogP contribution < -0.4 is 0 Å². The molecule has 0 nitrogen and oxygen atoms in total. The number of hydrogen-bond donors (Lipinski definition) is 0. The van der Waals surface area contributed by atoms with Crippen molar-refractivity contribution in [3.63, 3.8) is 0 Å². The van der Waals surface area contributed by atoms with Crippen molar-refractivity contribution in [1.82, 2.24) is 0 Å². The highest BCUT2D eigenvalue weighted by molar-refractivity contribution is 9.10. The molecule has 0 saturated heterocycles. The van der Waals surface area contributed by atoms with Crippen LogP contribution in [0.3, 0.4) is 0 Å². The van der Waals surface area contributed by atoms with Crippen LogP contribution in [-0.2, 0) is 0 Å². The van der Waals surface area contributed by atoms with Crippen molar-refractivity contribution >= 4 is 27.5 Å². The fourth-order valence-electron chi connectivity index (χ4n) is 0. The molecule has 0 amide bonds. The van der Waals surface area contributed by atoms with Crippen molar-refractivity contribution in [2.45, 2.75) is 4.52 Å². The molecule has 26 valence electrons. The van der Waals surface area contributed by atoms with Crippen LogP contribution in [0.5, 0.6) is 0 Å². The largest absolute Gasteiger partial charge is 0.227 e. The van der Waals surface area contributed by atoms with E-state index in [0.29, 0.717) is 0 Å². The quantitative estimate of drug-likeness (QED) is 0.460. The maximum Gasteiger partial charge on any atom is 0.227 e. The Kier molecular flexibility index (Phi) is 1.43. The molecule has 0 fully saturated rings. The molecule has 0 rings (SSSR count). The van der Waals surface area contributed by atoms with Gasteiger partial charge in [-0.25, -0.2) is 4.39 Å². The zero-order valence-electron chi connectivity index (χ0n) is 2.63. The maximum absolute atomic E-state index is 11.0. The molecule has 0 aliphatic rings. The first-order valence-corrected chi connectivity index (χ1v) is 1.74. The lowest BCUT2D eigenvalue weighted by molar-refractivity contribution is 0.569. The molecule has 3 heteroatoms. The van der Waals surface area contributed by atoms with Gasteiger partial charge in [-0.05, 0) is 15.9 Å². The summed E-state index contributed by atoms with van der Waals surface area (Å²) in [6.45, 7) is 0. The SMILES string of the molecule is [2H]C(F)(Cl)Br. The predicted molar refractivity (Wildman–Crippen MR) is 19.7 cm³/mol. The zero-order chi connectivity index (χ0) is 4.50. The number of alkyl halides is 3. The van der Waals surface area contributed by atoms with Gasteiger partial charge < -0.3 is 0 Å². The average Bonchev–Trinajstić information content (AvgIpc) is 0.722. The Morgan fingerprint density at radius 3 is 2.50 bits per heavy atom. The average molecular weight is 148 g/mol. The summed E-state index contributed by atoms with van der Waals surface area (Å²) in [6, 6.07) is 0. The highest BCUT2D eigenvalue weighted by atomic mass is 79.9. The van der Waals surface area contributed by atoms with Gasteiger partial charge in [0.25, 0.3) is 0 Å². The van der Waals surface area contributed by atoms with Gasteiger partial charge in [0.15, 0.2) is 0 Å². The number of rotatable bonds is 0. The topological polar surface area (TPSA) is 0 Å². The molecule has 0 bridgehead atoms. The summed E-state index contributed by atoms with van der Waals surface area (Å²) in [5.74, 6) is 0. The van der Waals surface area contributed by atoms with E-state index in [1.165, 1.54) is 0 Å². The van der Waals surface area contributed by atoms with E-state index in [-0.39, 0.29) is 0 Å². The third-order valence-corrected chi connectivity index (χ3v) is 0. The van der Waals surface area contributed by atoms with Gasteiger partial charge in [0.2, 0.25) is 4.52 Å². The minimum Gasteiger partial charge on any atom is -0.217 e. The molecule has 0 aromatic rings. The third-order valence-electron chi connectivity index (χ3n) is 0. The van der Waals surface area contributed by atoms with Gasteiger partial charge in [0, 0.05) is 0 Å². The molecule has 0 heterocycles. The van der Waals surface area contributed by atoms with E-state index in [4.69, 9.17) is 1.37 Å². The van der Waals surface area contributed by atoms with Gasteiger partial charge in [-0.1, -0.05) is 11.6 Å². The van der Waals surface area contributed by atoms with Gasteiger partial charge in [0.1, 0.15) is 0 Å². The van der Waals surface area contributed by atoms with Gasteiger partial charge >= 0.3 is 0 Å². The molecule has 0 aromatic carbocycles. The Labute approximate surface area is 38.5 Å². The van der Waals surface area contributed by atoms with Crippen molar-refractivity contribution in [2.24, 2.45) is 0 Å². The van der Waals surface area contributed by atoms with Crippen LogP contribution in [0.15, 0.2) is 0 Å². The lowest BCUT2D eigenvalue weighted by atomic mass is 11.8. The summed E-state index contributed by atoms with van der Waals surface area (Å²) in [6.07, 6.45) is 0. The second-order valence-electron chi connectivity index (χ2n) is 0.214. The summed E-state index contributed by atoms with van der Waals surface area (Å²) in [4.78, 5) is 0. The highest BCUT2D eigenvalue weighted by Crippen LogP contribution is 2.02. The summed E-state index contributed by atoms with van der Waals surface area (Å²) < 4.78 is 14.5. The Balaban J connectivity index is 3.02. The molecule has 0 saturated carbocycles. The molecular weight excluding hydrogens is 146 g/mol. The van der Waals surface area contributed by atoms with Crippen molar-refractivity contribution < 1.29 is 5.76 Å². The van der Waals surface area contributed by atoms with Crippen LogP contribution in [0.1, 0.15) is 1.37 Å². The Morgan fingerprint density at radius 2 is 2.50 bits per heavy atom. The lowest BCUT2D eigenvalue weighted by Crippen LogP contribution is -1.57. The van der Waals surface area contributed by atoms with E-state index in [9.17, 15) is 4.39 Å². The van der Waals surface area contributed by atoms with E-state index < -0.39 is 4.52 Å². The second-order valence-corrected chi connectivity index (χ2v) is 1.70. The Morgan fingerprint density at radius 1 is 2.50 bits per heavy atom. The molecule has 0 aromatic heterocycles. The Bertz CT molecular complexity index is 27.1. The van der Waals surface area contributed by atoms with Crippen LogP contribution in [-0.4, -0.2) is 4.52 Å². The second kappa shape index (κ2) is 1.97. The minimum atomic E-state index is -2.47. The normalized spacial score (nSPS) is 27.2. The standard InChI is InChI=1S/CHBrClF/c2-1(3)4/h1H/i1D. The summed E-state index contributed by atoms with van der Waals surface area (Å²) in [5, 5.41) is 0. The van der Waals surface area contributed by atoms with E-state index in [1.54, 1.807) is 0 Å². The monoisotopic (exact) mass is 147 g/mol. The van der Waals surface area contributed by atoms with Gasteiger partial charge in [-0.2, -0.15) is 0 Å². The van der Waals surface area contributed by atoms with Crippen molar-refractivity contribution in [3.8, 4) is 0 Å². The van der Waals surface area contributed by atoms with Gasteiger partial charge in [0.05, 0.1) is 1.37 Å². The van der Waals surface area contributed by atoms with E-state index in [1.807, 2.05) is 0 Å². The first-order valence-electron chi connectivity index (χ1n) is 1.07. The Hall–Kier alpha value is 0.700. The fraction of sp³-hybridized carbons (Fsp3) is 1.00. The molecule has 1 unspecified atom stereocenters. The molecule has 0 aliphatic heterocycles. The van der Waals surface area contributed by atoms with Crippen molar-refractivity contribution in [3.05, 3.63) is 0 Å². The summed E-state index contributed by atoms with van der Waals surface area (Å²) in [7, 11) is 0. The fourth-order valence-corrected chi connectivity index (χ4v) is 0. The molecule has 0 N–H and O–H groups in total. The van der Waals surface area contributed by atoms with Crippen LogP contribution >= 0.6 is 27.5 Å². The molecule has 1 atom stereocenters. The summed E-state index contributed by atoms with van der Waals surface area (Å²) >= 11 is 6.59. The molecular formula is CHBrClF. The van der Waals surface area contributed by atoms with E-state index in [2.05, 4.69) is 27.5 Å². The van der Waals surface area contributed by atoms with Crippen LogP contribution in [0.25, 0.3) is 0 Å². The zero-order valence-corrected chi connectivity index (χ0v) is 3.98. The highest BCUT2D eigenvalue weighted by Gasteiger charge is 1.80. The van der Waals surface area contributed by atoms with Crippen LogP contribution in [0.2, 0.25) is 0 Å². The lowest BCUT2D eigenvalue weighted by Gasteiger charge is -1.68. The first kappa shape index (κ1) is 2.91. The molecule has 4 heavy (non-hydrogen) atoms. The van der Waals surface area contributed by atoms with Gasteiger partial charge in [-0.3, -0.25) is 0 Å². The smallest absolute Gasteiger partial charge is 0.217 e. The van der Waals surface area contributed by atoms with Crippen LogP contribution in [0, 0.1) is 0 Å². The number of hydrogen-bond acceptors (Lipinski definition) is 0. The predicted octanol–water partition coefficient (Wildman–Crippen LogP) is 1.87. The number of halogens is 3. The first-order chi connectivity index (χ1) is 2.00. The summed E-state index contributed by atoms with van der Waals surface area (Å²) in [5.41, 5.74) is 0. The van der Waals surface area contributed by atoms with Crippen LogP contribution in [0.4, 0.5) is 4.39 Å².